The summed E-state index contributed by atoms with van der Waals surface area (Å²) in [4.78, 5) is 2.43. The summed E-state index contributed by atoms with van der Waals surface area (Å²) in [6.45, 7) is 2.35. The molecule has 0 saturated carbocycles. The Labute approximate surface area is 109 Å². The van der Waals surface area contributed by atoms with Gasteiger partial charge in [-0.2, -0.15) is 5.10 Å². The highest BCUT2D eigenvalue weighted by Crippen LogP contribution is 2.22. The van der Waals surface area contributed by atoms with Crippen molar-refractivity contribution < 1.29 is 0 Å². The molecule has 0 aliphatic carbocycles. The molecule has 2 aromatic rings. The summed E-state index contributed by atoms with van der Waals surface area (Å²) in [6, 6.07) is 10.5. The largest absolute Gasteiger partial charge is 0.371 e. The summed E-state index contributed by atoms with van der Waals surface area (Å²) in [5.41, 5.74) is 2.41. The van der Waals surface area contributed by atoms with Crippen LogP contribution >= 0.6 is 15.9 Å². The molecular weight excluding hydrogens is 278 g/mol. The molecule has 0 spiro atoms. The molecule has 88 valence electrons. The standard InChI is InChI=1S/C13H14BrN3/c14-13-6-9-17(15-13)12-5-3-4-11(10-12)16-7-1-2-8-16/h3-6,9-10H,1-2,7-8H2. The normalized spacial score (nSPS) is 15.5. The first-order valence-electron chi connectivity index (χ1n) is 5.89. The first-order chi connectivity index (χ1) is 8.33. The molecule has 2 heterocycles. The number of benzene rings is 1. The van der Waals surface area contributed by atoms with Crippen molar-refractivity contribution in [1.29, 1.82) is 0 Å². The number of hydrogen-bond donors (Lipinski definition) is 0. The quantitative estimate of drug-likeness (QED) is 0.847. The number of rotatable bonds is 2. The van der Waals surface area contributed by atoms with Gasteiger partial charge in [0.15, 0.2) is 0 Å². The van der Waals surface area contributed by atoms with Crippen molar-refractivity contribution in [2.24, 2.45) is 0 Å². The van der Waals surface area contributed by atoms with Gasteiger partial charge in [-0.05, 0) is 53.0 Å². The van der Waals surface area contributed by atoms with E-state index in [9.17, 15) is 0 Å². The Morgan fingerprint density at radius 3 is 2.53 bits per heavy atom. The molecular formula is C13H14BrN3. The molecule has 0 bridgehead atoms. The van der Waals surface area contributed by atoms with Crippen LogP contribution in [0.5, 0.6) is 0 Å². The van der Waals surface area contributed by atoms with Crippen molar-refractivity contribution in [3.8, 4) is 5.69 Å². The van der Waals surface area contributed by atoms with Gasteiger partial charge in [0, 0.05) is 25.0 Å². The van der Waals surface area contributed by atoms with Gasteiger partial charge in [0.05, 0.1) is 5.69 Å². The zero-order valence-corrected chi connectivity index (χ0v) is 11.1. The van der Waals surface area contributed by atoms with Gasteiger partial charge in [0.25, 0.3) is 0 Å². The molecule has 1 aliphatic rings. The number of anilines is 1. The second-order valence-electron chi connectivity index (χ2n) is 4.30. The second kappa shape index (κ2) is 4.53. The van der Waals surface area contributed by atoms with Crippen molar-refractivity contribution >= 4 is 21.6 Å². The van der Waals surface area contributed by atoms with Crippen LogP contribution in [0.1, 0.15) is 12.8 Å². The van der Waals surface area contributed by atoms with E-state index in [4.69, 9.17) is 0 Å². The van der Waals surface area contributed by atoms with Crippen LogP contribution in [-0.2, 0) is 0 Å². The first kappa shape index (κ1) is 10.8. The maximum absolute atomic E-state index is 4.36. The lowest BCUT2D eigenvalue weighted by atomic mass is 10.2. The number of hydrogen-bond acceptors (Lipinski definition) is 2. The second-order valence-corrected chi connectivity index (χ2v) is 5.11. The third kappa shape index (κ3) is 2.22. The molecule has 17 heavy (non-hydrogen) atoms. The average molecular weight is 292 g/mol. The van der Waals surface area contributed by atoms with Gasteiger partial charge in [0.2, 0.25) is 0 Å². The number of nitrogens with zero attached hydrogens (tertiary/aromatic N) is 3. The maximum atomic E-state index is 4.36. The minimum absolute atomic E-state index is 0.865. The van der Waals surface area contributed by atoms with Gasteiger partial charge in [-0.1, -0.05) is 6.07 Å². The fourth-order valence-corrected chi connectivity index (χ4v) is 2.54. The molecule has 0 amide bonds. The molecule has 0 atom stereocenters. The lowest BCUT2D eigenvalue weighted by Gasteiger charge is -2.18. The molecule has 3 rings (SSSR count). The summed E-state index contributed by atoms with van der Waals surface area (Å²) in [7, 11) is 0. The van der Waals surface area contributed by atoms with Crippen LogP contribution in [0.2, 0.25) is 0 Å². The van der Waals surface area contributed by atoms with Crippen molar-refractivity contribution in [2.45, 2.75) is 12.8 Å². The lowest BCUT2D eigenvalue weighted by molar-refractivity contribution is 0.867. The minimum atomic E-state index is 0.865. The van der Waals surface area contributed by atoms with Crippen molar-refractivity contribution in [2.75, 3.05) is 18.0 Å². The molecule has 0 unspecified atom stereocenters. The molecule has 1 saturated heterocycles. The Morgan fingerprint density at radius 1 is 1.06 bits per heavy atom. The van der Waals surface area contributed by atoms with Crippen molar-refractivity contribution in [3.63, 3.8) is 0 Å². The summed E-state index contributed by atoms with van der Waals surface area (Å²) < 4.78 is 2.76. The van der Waals surface area contributed by atoms with E-state index in [0.717, 1.165) is 10.3 Å². The van der Waals surface area contributed by atoms with Gasteiger partial charge < -0.3 is 4.90 Å². The van der Waals surface area contributed by atoms with Crippen LogP contribution < -0.4 is 4.90 Å². The fourth-order valence-electron chi connectivity index (χ4n) is 2.25. The van der Waals surface area contributed by atoms with Crippen LogP contribution in [0.15, 0.2) is 41.1 Å². The lowest BCUT2D eigenvalue weighted by Crippen LogP contribution is -2.17. The van der Waals surface area contributed by atoms with Gasteiger partial charge in [0.1, 0.15) is 4.60 Å². The van der Waals surface area contributed by atoms with Crippen LogP contribution in [0, 0.1) is 0 Å². The third-order valence-electron chi connectivity index (χ3n) is 3.12. The van der Waals surface area contributed by atoms with E-state index in [0.29, 0.717) is 0 Å². The van der Waals surface area contributed by atoms with E-state index < -0.39 is 0 Å². The summed E-state index contributed by atoms with van der Waals surface area (Å²) in [5, 5.41) is 4.36. The highest BCUT2D eigenvalue weighted by Gasteiger charge is 2.12. The zero-order valence-electron chi connectivity index (χ0n) is 9.51. The molecule has 0 radical (unpaired) electrons. The monoisotopic (exact) mass is 291 g/mol. The van der Waals surface area contributed by atoms with E-state index in [1.54, 1.807) is 0 Å². The molecule has 3 nitrogen and oxygen atoms in total. The van der Waals surface area contributed by atoms with Crippen LogP contribution in [0.3, 0.4) is 0 Å². The van der Waals surface area contributed by atoms with Crippen LogP contribution in [0.4, 0.5) is 5.69 Å². The molecule has 1 aromatic carbocycles. The molecule has 4 heteroatoms. The van der Waals surface area contributed by atoms with Crippen LogP contribution in [0.25, 0.3) is 5.69 Å². The molecule has 1 aromatic heterocycles. The van der Waals surface area contributed by atoms with E-state index in [1.807, 2.05) is 16.9 Å². The smallest absolute Gasteiger partial charge is 0.128 e. The van der Waals surface area contributed by atoms with Crippen molar-refractivity contribution in [1.82, 2.24) is 9.78 Å². The topological polar surface area (TPSA) is 21.1 Å². The maximum Gasteiger partial charge on any atom is 0.128 e. The summed E-state index contributed by atoms with van der Waals surface area (Å²) >= 11 is 3.37. The Bertz CT molecular complexity index is 515. The third-order valence-corrected chi connectivity index (χ3v) is 3.54. The molecule has 1 fully saturated rings. The SMILES string of the molecule is Brc1ccn(-c2cccc(N3CCCC3)c2)n1. The zero-order chi connectivity index (χ0) is 11.7. The van der Waals surface area contributed by atoms with Gasteiger partial charge in [-0.3, -0.25) is 0 Å². The van der Waals surface area contributed by atoms with Crippen molar-refractivity contribution in [3.05, 3.63) is 41.1 Å². The predicted octanol–water partition coefficient (Wildman–Crippen LogP) is 3.24. The Kier molecular flexibility index (Phi) is 2.89. The molecule has 1 aliphatic heterocycles. The number of aromatic nitrogens is 2. The van der Waals surface area contributed by atoms with E-state index >= 15 is 0 Å². The van der Waals surface area contributed by atoms with Crippen LogP contribution in [-0.4, -0.2) is 22.9 Å². The first-order valence-corrected chi connectivity index (χ1v) is 6.69. The predicted molar refractivity (Wildman–Crippen MR) is 72.7 cm³/mol. The van der Waals surface area contributed by atoms with E-state index in [2.05, 4.69) is 50.2 Å². The van der Waals surface area contributed by atoms with Gasteiger partial charge >= 0.3 is 0 Å². The summed E-state index contributed by atoms with van der Waals surface area (Å²) in [5.74, 6) is 0. The number of halogens is 1. The van der Waals surface area contributed by atoms with Gasteiger partial charge in [-0.25, -0.2) is 4.68 Å². The van der Waals surface area contributed by atoms with E-state index in [1.165, 1.54) is 31.6 Å². The van der Waals surface area contributed by atoms with Gasteiger partial charge in [-0.15, -0.1) is 0 Å². The molecule has 0 N–H and O–H groups in total. The highest BCUT2D eigenvalue weighted by molar-refractivity contribution is 9.10. The summed E-state index contributed by atoms with van der Waals surface area (Å²) in [6.07, 6.45) is 4.57. The Morgan fingerprint density at radius 2 is 1.82 bits per heavy atom. The fraction of sp³-hybridized carbons (Fsp3) is 0.308. The minimum Gasteiger partial charge on any atom is -0.371 e. The van der Waals surface area contributed by atoms with E-state index in [-0.39, 0.29) is 0 Å². The Hall–Kier alpha value is -1.29. The Balaban J connectivity index is 1.93. The average Bonchev–Trinajstić information content (AvgIpc) is 3.00. The highest BCUT2D eigenvalue weighted by atomic mass is 79.9.